The van der Waals surface area contributed by atoms with Crippen LogP contribution in [0.15, 0.2) is 11.9 Å². The molecule has 0 bridgehead atoms. The van der Waals surface area contributed by atoms with Crippen molar-refractivity contribution in [2.45, 2.75) is 25.8 Å². The molecule has 0 radical (unpaired) electrons. The van der Waals surface area contributed by atoms with E-state index >= 15 is 0 Å². The van der Waals surface area contributed by atoms with E-state index in [4.69, 9.17) is 28.6 Å². The Morgan fingerprint density at radius 3 is 2.81 bits per heavy atom. The normalized spacial score (nSPS) is 18.4. The zero-order valence-electron chi connectivity index (χ0n) is 11.8. The fourth-order valence-electron chi connectivity index (χ4n) is 2.53. The van der Waals surface area contributed by atoms with Crippen LogP contribution in [-0.4, -0.2) is 34.2 Å². The predicted octanol–water partition coefficient (Wildman–Crippen LogP) is 2.63. The Balaban J connectivity index is 1.82. The molecule has 2 aliphatic rings. The molecule has 0 unspecified atom stereocenters. The first-order chi connectivity index (χ1) is 10.1. The summed E-state index contributed by atoms with van der Waals surface area (Å²) < 4.78 is 0. The molecule has 0 saturated heterocycles. The van der Waals surface area contributed by atoms with Crippen molar-refractivity contribution in [1.82, 2.24) is 20.2 Å². The Labute approximate surface area is 133 Å². The molecule has 5 nitrogen and oxygen atoms in total. The number of hydrogen-bond acceptors (Lipinski definition) is 5. The summed E-state index contributed by atoms with van der Waals surface area (Å²) in [6, 6.07) is 0. The van der Waals surface area contributed by atoms with Crippen LogP contribution in [0.2, 0.25) is 10.4 Å². The standard InChI is InChI=1S/C14H17Cl2N5/c1-18-12(6-10(17)8-2-3-8)21-5-4-11-9(7-21)13(15)20-14(16)19-11/h6,8,17-18H,2-5,7H2,1H3/b12-6+,17-10?. The van der Waals surface area contributed by atoms with Crippen LogP contribution in [0.5, 0.6) is 0 Å². The molecule has 3 rings (SSSR count). The fraction of sp³-hybridized carbons (Fsp3) is 0.500. The minimum atomic E-state index is 0.201. The molecule has 1 aromatic rings. The van der Waals surface area contributed by atoms with Crippen molar-refractivity contribution < 1.29 is 0 Å². The van der Waals surface area contributed by atoms with Gasteiger partial charge in [-0.15, -0.1) is 0 Å². The zero-order valence-corrected chi connectivity index (χ0v) is 13.3. The number of halogens is 2. The Bertz CT molecular complexity index is 610. The van der Waals surface area contributed by atoms with Crippen molar-refractivity contribution in [2.24, 2.45) is 5.92 Å². The minimum Gasteiger partial charge on any atom is -0.375 e. The number of rotatable bonds is 4. The number of nitrogens with one attached hydrogen (secondary N) is 2. The van der Waals surface area contributed by atoms with Crippen molar-refractivity contribution in [3.63, 3.8) is 0 Å². The van der Waals surface area contributed by atoms with Crippen LogP contribution >= 0.6 is 23.2 Å². The van der Waals surface area contributed by atoms with Gasteiger partial charge in [-0.05, 0) is 30.5 Å². The van der Waals surface area contributed by atoms with Gasteiger partial charge in [-0.1, -0.05) is 11.6 Å². The summed E-state index contributed by atoms with van der Waals surface area (Å²) in [5.74, 6) is 1.39. The van der Waals surface area contributed by atoms with Crippen LogP contribution < -0.4 is 5.32 Å². The summed E-state index contributed by atoms with van der Waals surface area (Å²) in [5, 5.41) is 11.9. The molecule has 112 valence electrons. The number of hydrogen-bond donors (Lipinski definition) is 2. The van der Waals surface area contributed by atoms with Crippen LogP contribution in [-0.2, 0) is 13.0 Å². The molecule has 1 aromatic heterocycles. The highest BCUT2D eigenvalue weighted by Crippen LogP contribution is 2.31. The second kappa shape index (κ2) is 5.81. The Hall–Kier alpha value is -1.33. The average Bonchev–Trinajstić information content (AvgIpc) is 3.29. The number of fused-ring (bicyclic) bond motifs is 1. The summed E-state index contributed by atoms with van der Waals surface area (Å²) in [5.41, 5.74) is 2.54. The van der Waals surface area contributed by atoms with E-state index in [1.807, 2.05) is 13.1 Å². The van der Waals surface area contributed by atoms with Gasteiger partial charge in [0.15, 0.2) is 0 Å². The Morgan fingerprint density at radius 2 is 2.14 bits per heavy atom. The first-order valence-corrected chi connectivity index (χ1v) is 7.77. The second-order valence-electron chi connectivity index (χ2n) is 5.39. The first-order valence-electron chi connectivity index (χ1n) is 7.02. The number of nitrogens with zero attached hydrogens (tertiary/aromatic N) is 3. The van der Waals surface area contributed by atoms with Crippen LogP contribution in [0.3, 0.4) is 0 Å². The van der Waals surface area contributed by atoms with Gasteiger partial charge >= 0.3 is 0 Å². The van der Waals surface area contributed by atoms with Gasteiger partial charge in [-0.25, -0.2) is 9.97 Å². The molecule has 1 aliphatic carbocycles. The molecule has 0 amide bonds. The second-order valence-corrected chi connectivity index (χ2v) is 6.09. The monoisotopic (exact) mass is 325 g/mol. The van der Waals surface area contributed by atoms with Crippen molar-refractivity contribution in [3.05, 3.63) is 33.6 Å². The third-order valence-electron chi connectivity index (χ3n) is 3.89. The topological polar surface area (TPSA) is 64.9 Å². The molecule has 1 saturated carbocycles. The molecule has 0 atom stereocenters. The van der Waals surface area contributed by atoms with Crippen LogP contribution in [0.25, 0.3) is 0 Å². The third-order valence-corrected chi connectivity index (χ3v) is 4.37. The Morgan fingerprint density at radius 1 is 1.38 bits per heavy atom. The highest BCUT2D eigenvalue weighted by atomic mass is 35.5. The van der Waals surface area contributed by atoms with E-state index in [1.54, 1.807) is 0 Å². The number of allylic oxidation sites excluding steroid dienone is 1. The highest BCUT2D eigenvalue weighted by molar-refractivity contribution is 6.32. The van der Waals surface area contributed by atoms with Crippen molar-refractivity contribution in [1.29, 1.82) is 5.41 Å². The lowest BCUT2D eigenvalue weighted by Crippen LogP contribution is -2.36. The van der Waals surface area contributed by atoms with Gasteiger partial charge in [0.05, 0.1) is 5.69 Å². The maximum Gasteiger partial charge on any atom is 0.224 e. The minimum absolute atomic E-state index is 0.201. The van der Waals surface area contributed by atoms with Gasteiger partial charge in [0, 0.05) is 43.8 Å². The maximum atomic E-state index is 8.06. The molecule has 2 N–H and O–H groups in total. The van der Waals surface area contributed by atoms with E-state index in [2.05, 4.69) is 20.2 Å². The number of aromatic nitrogens is 2. The van der Waals surface area contributed by atoms with Crippen molar-refractivity contribution >= 4 is 28.9 Å². The molecule has 0 spiro atoms. The highest BCUT2D eigenvalue weighted by Gasteiger charge is 2.27. The molecule has 2 heterocycles. The lowest BCUT2D eigenvalue weighted by atomic mass is 10.1. The molecular formula is C14H17Cl2N5. The molecule has 0 aromatic carbocycles. The van der Waals surface area contributed by atoms with E-state index in [9.17, 15) is 0 Å². The van der Waals surface area contributed by atoms with Gasteiger partial charge in [0.2, 0.25) is 5.28 Å². The van der Waals surface area contributed by atoms with Crippen LogP contribution in [0.4, 0.5) is 0 Å². The smallest absolute Gasteiger partial charge is 0.224 e. The van der Waals surface area contributed by atoms with E-state index in [0.29, 0.717) is 23.3 Å². The average molecular weight is 326 g/mol. The fourth-order valence-corrected chi connectivity index (χ4v) is 3.01. The van der Waals surface area contributed by atoms with Gasteiger partial charge in [0.1, 0.15) is 11.0 Å². The summed E-state index contributed by atoms with van der Waals surface area (Å²) in [7, 11) is 1.88. The summed E-state index contributed by atoms with van der Waals surface area (Å²) in [4.78, 5) is 10.4. The molecule has 7 heteroatoms. The lowest BCUT2D eigenvalue weighted by Gasteiger charge is -2.32. The molecule has 21 heavy (non-hydrogen) atoms. The zero-order chi connectivity index (χ0) is 15.0. The van der Waals surface area contributed by atoms with Gasteiger partial charge < -0.3 is 15.6 Å². The van der Waals surface area contributed by atoms with Gasteiger partial charge in [0.25, 0.3) is 0 Å². The summed E-state index contributed by atoms with van der Waals surface area (Å²) in [6.07, 6.45) is 4.96. The van der Waals surface area contributed by atoms with E-state index in [-0.39, 0.29) is 5.28 Å². The summed E-state index contributed by atoms with van der Waals surface area (Å²) in [6.45, 7) is 1.46. The van der Waals surface area contributed by atoms with Crippen LogP contribution in [0.1, 0.15) is 24.1 Å². The van der Waals surface area contributed by atoms with E-state index < -0.39 is 0 Å². The van der Waals surface area contributed by atoms with Crippen molar-refractivity contribution in [3.8, 4) is 0 Å². The van der Waals surface area contributed by atoms with Gasteiger partial charge in [-0.2, -0.15) is 0 Å². The molecule has 1 fully saturated rings. The lowest BCUT2D eigenvalue weighted by molar-refractivity contribution is 0.301. The van der Waals surface area contributed by atoms with E-state index in [1.165, 1.54) is 0 Å². The summed E-state index contributed by atoms with van der Waals surface area (Å²) >= 11 is 12.0. The van der Waals surface area contributed by atoms with Crippen molar-refractivity contribution in [2.75, 3.05) is 13.6 Å². The first kappa shape index (κ1) is 14.6. The quantitative estimate of drug-likeness (QED) is 0.507. The van der Waals surface area contributed by atoms with Crippen LogP contribution in [0, 0.1) is 11.3 Å². The molecular weight excluding hydrogens is 309 g/mol. The predicted molar refractivity (Wildman–Crippen MR) is 83.8 cm³/mol. The van der Waals surface area contributed by atoms with Gasteiger partial charge in [-0.3, -0.25) is 0 Å². The Kier molecular flexibility index (Phi) is 4.04. The molecule has 1 aliphatic heterocycles. The largest absolute Gasteiger partial charge is 0.375 e. The third kappa shape index (κ3) is 3.14. The van der Waals surface area contributed by atoms with E-state index in [0.717, 1.165) is 42.9 Å². The SMILES string of the molecule is CN/C(=C\C(=N)C1CC1)N1CCc2nc(Cl)nc(Cl)c2C1. The maximum absolute atomic E-state index is 8.06.